The fourth-order valence-corrected chi connectivity index (χ4v) is 3.15. The first kappa shape index (κ1) is 16.9. The summed E-state index contributed by atoms with van der Waals surface area (Å²) in [5.74, 6) is -0.157. The van der Waals surface area contributed by atoms with Gasteiger partial charge in [-0.25, -0.2) is 4.98 Å². The molecule has 0 saturated heterocycles. The van der Waals surface area contributed by atoms with Crippen molar-refractivity contribution >= 4 is 22.4 Å². The van der Waals surface area contributed by atoms with Gasteiger partial charge in [0.05, 0.1) is 18.4 Å². The predicted octanol–water partition coefficient (Wildman–Crippen LogP) is 3.17. The highest BCUT2D eigenvalue weighted by Gasteiger charge is 2.17. The molecule has 3 rings (SSSR count). The largest absolute Gasteiger partial charge is 0.496 e. The standard InChI is InChI=1S/C18H17N3O3S/c1-11-12(2)25-18(19-11)20-17(23)14-10-21(13-7-5-4-6-8-13)16(22)9-15(14)24-3/h4-10H,1-3H3,(H,19,20,23). The van der Waals surface area contributed by atoms with Crippen molar-refractivity contribution in [2.24, 2.45) is 0 Å². The van der Waals surface area contributed by atoms with Crippen molar-refractivity contribution in [1.82, 2.24) is 9.55 Å². The number of aryl methyl sites for hydroxylation is 2. The number of aromatic nitrogens is 2. The van der Waals surface area contributed by atoms with Gasteiger partial charge in [0, 0.05) is 22.8 Å². The maximum Gasteiger partial charge on any atom is 0.262 e. The third kappa shape index (κ3) is 3.46. The first-order valence-corrected chi connectivity index (χ1v) is 8.42. The molecular weight excluding hydrogens is 338 g/mol. The van der Waals surface area contributed by atoms with Crippen molar-refractivity contribution in [3.8, 4) is 11.4 Å². The molecule has 0 aliphatic carbocycles. The molecule has 0 aliphatic rings. The maximum absolute atomic E-state index is 12.7. The van der Waals surface area contributed by atoms with Crippen molar-refractivity contribution in [3.63, 3.8) is 0 Å². The zero-order valence-corrected chi connectivity index (χ0v) is 14.9. The molecule has 0 radical (unpaired) electrons. The highest BCUT2D eigenvalue weighted by molar-refractivity contribution is 7.15. The lowest BCUT2D eigenvalue weighted by atomic mass is 10.2. The summed E-state index contributed by atoms with van der Waals surface area (Å²) in [5.41, 5.74) is 1.53. The van der Waals surface area contributed by atoms with Gasteiger partial charge < -0.3 is 4.74 Å². The van der Waals surface area contributed by atoms with E-state index in [9.17, 15) is 9.59 Å². The van der Waals surface area contributed by atoms with Gasteiger partial charge in [-0.2, -0.15) is 0 Å². The van der Waals surface area contributed by atoms with Crippen LogP contribution in [-0.2, 0) is 0 Å². The van der Waals surface area contributed by atoms with Gasteiger partial charge >= 0.3 is 0 Å². The Balaban J connectivity index is 2.02. The van der Waals surface area contributed by atoms with E-state index in [0.29, 0.717) is 10.8 Å². The number of nitrogens with zero attached hydrogens (tertiary/aromatic N) is 2. The summed E-state index contributed by atoms with van der Waals surface area (Å²) in [4.78, 5) is 30.3. The number of nitrogens with one attached hydrogen (secondary N) is 1. The molecule has 2 heterocycles. The van der Waals surface area contributed by atoms with Crippen molar-refractivity contribution in [2.45, 2.75) is 13.8 Å². The van der Waals surface area contributed by atoms with Crippen LogP contribution in [0.3, 0.4) is 0 Å². The van der Waals surface area contributed by atoms with Gasteiger partial charge in [-0.15, -0.1) is 11.3 Å². The van der Waals surface area contributed by atoms with Crippen LogP contribution in [-0.4, -0.2) is 22.6 Å². The second-order valence-corrected chi connectivity index (χ2v) is 6.62. The highest BCUT2D eigenvalue weighted by atomic mass is 32.1. The normalized spacial score (nSPS) is 10.5. The second-order valence-electron chi connectivity index (χ2n) is 5.41. The number of anilines is 1. The lowest BCUT2D eigenvalue weighted by molar-refractivity contribution is 0.102. The van der Waals surface area contributed by atoms with Gasteiger partial charge in [0.2, 0.25) is 0 Å². The predicted molar refractivity (Wildman–Crippen MR) is 98.1 cm³/mol. The number of carbonyl (C=O) groups is 1. The third-order valence-corrected chi connectivity index (χ3v) is 4.75. The van der Waals surface area contributed by atoms with Crippen LogP contribution in [0.15, 0.2) is 47.4 Å². The molecule has 0 saturated carbocycles. The number of methoxy groups -OCH3 is 1. The molecule has 0 atom stereocenters. The second kappa shape index (κ2) is 6.90. The molecule has 1 N–H and O–H groups in total. The molecule has 7 heteroatoms. The molecule has 25 heavy (non-hydrogen) atoms. The minimum atomic E-state index is -0.379. The van der Waals surface area contributed by atoms with Crippen LogP contribution >= 0.6 is 11.3 Å². The average molecular weight is 355 g/mol. The molecule has 0 aliphatic heterocycles. The van der Waals surface area contributed by atoms with E-state index in [-0.39, 0.29) is 22.8 Å². The monoisotopic (exact) mass is 355 g/mol. The maximum atomic E-state index is 12.7. The minimum Gasteiger partial charge on any atom is -0.496 e. The van der Waals surface area contributed by atoms with Crippen LogP contribution in [0.5, 0.6) is 5.75 Å². The molecule has 1 amide bonds. The van der Waals surface area contributed by atoms with Gasteiger partial charge in [0.25, 0.3) is 11.5 Å². The topological polar surface area (TPSA) is 73.2 Å². The molecule has 3 aromatic rings. The van der Waals surface area contributed by atoms with Crippen LogP contribution in [0.1, 0.15) is 20.9 Å². The highest BCUT2D eigenvalue weighted by Crippen LogP contribution is 2.23. The summed E-state index contributed by atoms with van der Waals surface area (Å²) in [5, 5.41) is 3.28. The van der Waals surface area contributed by atoms with Gasteiger partial charge in [-0.3, -0.25) is 19.5 Å². The number of rotatable bonds is 4. The average Bonchev–Trinajstić information content (AvgIpc) is 2.92. The zero-order valence-electron chi connectivity index (χ0n) is 14.1. The lowest BCUT2D eigenvalue weighted by Crippen LogP contribution is -2.22. The molecule has 0 spiro atoms. The summed E-state index contributed by atoms with van der Waals surface area (Å²) in [6.45, 7) is 3.83. The zero-order chi connectivity index (χ0) is 18.0. The van der Waals surface area contributed by atoms with Crippen LogP contribution in [0.25, 0.3) is 5.69 Å². The Morgan fingerprint density at radius 2 is 1.96 bits per heavy atom. The Morgan fingerprint density at radius 3 is 2.56 bits per heavy atom. The van der Waals surface area contributed by atoms with Gasteiger partial charge in [-0.05, 0) is 26.0 Å². The smallest absolute Gasteiger partial charge is 0.262 e. The van der Waals surface area contributed by atoms with E-state index in [1.807, 2.05) is 32.0 Å². The first-order chi connectivity index (χ1) is 12.0. The summed E-state index contributed by atoms with van der Waals surface area (Å²) in [6.07, 6.45) is 1.49. The van der Waals surface area contributed by atoms with Crippen LogP contribution in [0.2, 0.25) is 0 Å². The SMILES string of the molecule is COc1cc(=O)n(-c2ccccc2)cc1C(=O)Nc1nc(C)c(C)s1. The van der Waals surface area contributed by atoms with Crippen molar-refractivity contribution in [3.05, 3.63) is 69.1 Å². The third-order valence-electron chi connectivity index (χ3n) is 3.76. The Kier molecular flexibility index (Phi) is 4.67. The fourth-order valence-electron chi connectivity index (χ4n) is 2.34. The molecule has 2 aromatic heterocycles. The Bertz CT molecular complexity index is 957. The Hall–Kier alpha value is -2.93. The van der Waals surface area contributed by atoms with Crippen LogP contribution in [0, 0.1) is 13.8 Å². The molecule has 0 unspecified atom stereocenters. The van der Waals surface area contributed by atoms with Gasteiger partial charge in [-0.1, -0.05) is 18.2 Å². The Morgan fingerprint density at radius 1 is 1.24 bits per heavy atom. The van der Waals surface area contributed by atoms with E-state index in [1.165, 1.54) is 35.3 Å². The van der Waals surface area contributed by atoms with E-state index in [2.05, 4.69) is 10.3 Å². The first-order valence-electron chi connectivity index (χ1n) is 7.61. The molecule has 0 bridgehead atoms. The van der Waals surface area contributed by atoms with E-state index in [4.69, 9.17) is 4.74 Å². The van der Waals surface area contributed by atoms with Crippen molar-refractivity contribution in [1.29, 1.82) is 0 Å². The number of hydrogen-bond acceptors (Lipinski definition) is 5. The summed E-state index contributed by atoms with van der Waals surface area (Å²) >= 11 is 1.40. The van der Waals surface area contributed by atoms with E-state index in [1.54, 1.807) is 12.1 Å². The summed E-state index contributed by atoms with van der Waals surface area (Å²) in [6, 6.07) is 10.4. The molecular formula is C18H17N3O3S. The summed E-state index contributed by atoms with van der Waals surface area (Å²) < 4.78 is 6.63. The Labute approximate surface area is 148 Å². The van der Waals surface area contributed by atoms with Crippen molar-refractivity contribution < 1.29 is 9.53 Å². The number of benzene rings is 1. The van der Waals surface area contributed by atoms with Crippen molar-refractivity contribution in [2.75, 3.05) is 12.4 Å². The number of pyridine rings is 1. The quantitative estimate of drug-likeness (QED) is 0.780. The van der Waals surface area contributed by atoms with Crippen LogP contribution < -0.4 is 15.6 Å². The number of hydrogen-bond donors (Lipinski definition) is 1. The van der Waals surface area contributed by atoms with E-state index in [0.717, 1.165) is 10.6 Å². The molecule has 0 fully saturated rings. The number of para-hydroxylation sites is 1. The number of amides is 1. The number of carbonyl (C=O) groups excluding carboxylic acids is 1. The minimum absolute atomic E-state index is 0.222. The molecule has 1 aromatic carbocycles. The lowest BCUT2D eigenvalue weighted by Gasteiger charge is -2.12. The van der Waals surface area contributed by atoms with E-state index >= 15 is 0 Å². The van der Waals surface area contributed by atoms with Crippen LogP contribution in [0.4, 0.5) is 5.13 Å². The number of ether oxygens (including phenoxy) is 1. The summed E-state index contributed by atoms with van der Waals surface area (Å²) in [7, 11) is 1.43. The fraction of sp³-hybridized carbons (Fsp3) is 0.167. The number of thiazole rings is 1. The van der Waals surface area contributed by atoms with Gasteiger partial charge in [0.1, 0.15) is 5.75 Å². The van der Waals surface area contributed by atoms with Gasteiger partial charge in [0.15, 0.2) is 5.13 Å². The molecule has 6 nitrogen and oxygen atoms in total. The molecule has 128 valence electrons. The van der Waals surface area contributed by atoms with E-state index < -0.39 is 0 Å².